The van der Waals surface area contributed by atoms with E-state index in [2.05, 4.69) is 44.8 Å². The van der Waals surface area contributed by atoms with E-state index in [4.69, 9.17) is 0 Å². The Morgan fingerprint density at radius 1 is 1.10 bits per heavy atom. The maximum absolute atomic E-state index is 12.6. The second kappa shape index (κ2) is 9.61. The van der Waals surface area contributed by atoms with Gasteiger partial charge in [0.25, 0.3) is 0 Å². The van der Waals surface area contributed by atoms with E-state index in [1.54, 1.807) is 0 Å². The van der Waals surface area contributed by atoms with E-state index in [9.17, 15) is 4.79 Å². The average Bonchev–Trinajstić information content (AvgIpc) is 3.61. The van der Waals surface area contributed by atoms with Gasteiger partial charge in [-0.2, -0.15) is 0 Å². The van der Waals surface area contributed by atoms with Crippen LogP contribution in [0.5, 0.6) is 0 Å². The molecular weight excluding hydrogens is 362 g/mol. The van der Waals surface area contributed by atoms with Crippen molar-refractivity contribution >= 4 is 11.9 Å². The van der Waals surface area contributed by atoms with Crippen LogP contribution < -0.4 is 10.6 Å². The second-order valence-electron chi connectivity index (χ2n) is 8.62. The van der Waals surface area contributed by atoms with Crippen LogP contribution in [0.4, 0.5) is 0 Å². The number of hydrogen-bond donors (Lipinski definition) is 2. The van der Waals surface area contributed by atoms with E-state index in [1.165, 1.54) is 49.9 Å². The molecule has 2 N–H and O–H groups in total. The lowest BCUT2D eigenvalue weighted by Gasteiger charge is -2.33. The lowest BCUT2D eigenvalue weighted by atomic mass is 9.99. The fourth-order valence-corrected chi connectivity index (χ4v) is 4.55. The van der Waals surface area contributed by atoms with Gasteiger partial charge in [0.05, 0.1) is 0 Å². The number of nitrogens with one attached hydrogen (secondary N) is 2. The average molecular weight is 398 g/mol. The maximum atomic E-state index is 12.6. The fourth-order valence-electron chi connectivity index (χ4n) is 4.55. The van der Waals surface area contributed by atoms with Crippen molar-refractivity contribution in [2.24, 2.45) is 4.99 Å². The number of rotatable bonds is 6. The Morgan fingerprint density at radius 3 is 2.59 bits per heavy atom. The van der Waals surface area contributed by atoms with Gasteiger partial charge in [0.15, 0.2) is 5.96 Å². The molecule has 0 spiro atoms. The van der Waals surface area contributed by atoms with Crippen molar-refractivity contribution < 1.29 is 4.79 Å². The minimum atomic E-state index is 0.261. The van der Waals surface area contributed by atoms with Gasteiger partial charge in [0, 0.05) is 58.3 Å². The first kappa shape index (κ1) is 20.2. The highest BCUT2D eigenvalue weighted by atomic mass is 16.2. The van der Waals surface area contributed by atoms with Gasteiger partial charge in [-0.15, -0.1) is 0 Å². The summed E-state index contributed by atoms with van der Waals surface area (Å²) in [7, 11) is 1.82. The van der Waals surface area contributed by atoms with Crippen LogP contribution in [0.2, 0.25) is 0 Å². The first-order chi connectivity index (χ1) is 14.2. The Bertz CT molecular complexity index is 722. The zero-order chi connectivity index (χ0) is 20.1. The molecule has 0 bridgehead atoms. The number of piperidine rings is 1. The quantitative estimate of drug-likeness (QED) is 0.439. The number of carbonyl (C=O) groups is 1. The number of benzene rings is 1. The van der Waals surface area contributed by atoms with Gasteiger partial charge < -0.3 is 20.4 Å². The first-order valence-electron chi connectivity index (χ1n) is 11.3. The largest absolute Gasteiger partial charge is 0.356 e. The smallest absolute Gasteiger partial charge is 0.222 e. The normalized spacial score (nSPS) is 21.0. The first-order valence-corrected chi connectivity index (χ1v) is 11.3. The van der Waals surface area contributed by atoms with Crippen LogP contribution in [-0.4, -0.2) is 67.0 Å². The van der Waals surface area contributed by atoms with Gasteiger partial charge in [-0.05, 0) is 49.7 Å². The Balaban J connectivity index is 1.13. The predicted molar refractivity (Wildman–Crippen MR) is 117 cm³/mol. The van der Waals surface area contributed by atoms with Crippen LogP contribution in [0.1, 0.15) is 49.7 Å². The summed E-state index contributed by atoms with van der Waals surface area (Å²) in [5, 5.41) is 6.96. The third-order valence-corrected chi connectivity index (χ3v) is 6.50. The van der Waals surface area contributed by atoms with Crippen molar-refractivity contribution in [1.29, 1.82) is 0 Å². The Labute approximate surface area is 174 Å². The zero-order valence-corrected chi connectivity index (χ0v) is 17.7. The van der Waals surface area contributed by atoms with Crippen LogP contribution in [-0.2, 0) is 17.8 Å². The highest BCUT2D eigenvalue weighted by Crippen LogP contribution is 2.29. The van der Waals surface area contributed by atoms with E-state index in [0.29, 0.717) is 12.5 Å². The lowest BCUT2D eigenvalue weighted by molar-refractivity contribution is -0.132. The summed E-state index contributed by atoms with van der Waals surface area (Å²) in [5.74, 6) is 1.13. The summed E-state index contributed by atoms with van der Waals surface area (Å²) < 4.78 is 0. The van der Waals surface area contributed by atoms with Gasteiger partial charge in [0.2, 0.25) is 5.91 Å². The number of carbonyl (C=O) groups excluding carboxylic acids is 1. The highest BCUT2D eigenvalue weighted by Gasteiger charge is 2.31. The SMILES string of the molecule is CN=C(NCCCC(=O)N1CCc2ccccc2C1)NC1CCN(C2CC2)CC1. The van der Waals surface area contributed by atoms with E-state index in [1.807, 2.05) is 11.9 Å². The van der Waals surface area contributed by atoms with Crippen molar-refractivity contribution in [3.05, 3.63) is 35.4 Å². The molecule has 1 amide bonds. The fraction of sp³-hybridized carbons (Fsp3) is 0.652. The Hall–Kier alpha value is -2.08. The summed E-state index contributed by atoms with van der Waals surface area (Å²) in [6.07, 6.45) is 7.55. The van der Waals surface area contributed by atoms with Gasteiger partial charge >= 0.3 is 0 Å². The molecule has 29 heavy (non-hydrogen) atoms. The summed E-state index contributed by atoms with van der Waals surface area (Å²) >= 11 is 0. The molecule has 0 unspecified atom stereocenters. The van der Waals surface area contributed by atoms with Crippen molar-refractivity contribution in [3.63, 3.8) is 0 Å². The molecule has 158 valence electrons. The Morgan fingerprint density at radius 2 is 1.86 bits per heavy atom. The molecule has 2 aliphatic heterocycles. The molecule has 3 aliphatic rings. The van der Waals surface area contributed by atoms with E-state index < -0.39 is 0 Å². The van der Waals surface area contributed by atoms with Gasteiger partial charge in [-0.25, -0.2) is 0 Å². The third kappa shape index (κ3) is 5.50. The number of guanidine groups is 1. The topological polar surface area (TPSA) is 60.0 Å². The summed E-state index contributed by atoms with van der Waals surface area (Å²) in [4.78, 5) is 21.6. The molecule has 1 aromatic carbocycles. The van der Waals surface area contributed by atoms with Gasteiger partial charge in [-0.3, -0.25) is 9.79 Å². The molecule has 1 saturated carbocycles. The number of amides is 1. The monoisotopic (exact) mass is 397 g/mol. The van der Waals surface area contributed by atoms with Crippen LogP contribution in [0, 0.1) is 0 Å². The minimum Gasteiger partial charge on any atom is -0.356 e. The molecule has 2 fully saturated rings. The van der Waals surface area contributed by atoms with Crippen LogP contribution in [0.3, 0.4) is 0 Å². The Kier molecular flexibility index (Phi) is 6.70. The van der Waals surface area contributed by atoms with Crippen LogP contribution in [0.15, 0.2) is 29.3 Å². The van der Waals surface area contributed by atoms with Gasteiger partial charge in [0.1, 0.15) is 0 Å². The van der Waals surface area contributed by atoms with Crippen molar-refractivity contribution in [3.8, 4) is 0 Å². The standard InChI is InChI=1S/C23H35N5O/c1-24-23(26-20-11-15-27(16-12-20)21-8-9-21)25-13-4-7-22(29)28-14-10-18-5-2-3-6-19(18)17-28/h2-3,5-6,20-21H,4,7-17H2,1H3,(H2,24,25,26). The summed E-state index contributed by atoms with van der Waals surface area (Å²) in [6.45, 7) is 4.77. The summed E-state index contributed by atoms with van der Waals surface area (Å²) in [6, 6.07) is 9.84. The molecule has 1 aromatic rings. The molecular formula is C23H35N5O. The predicted octanol–water partition coefficient (Wildman–Crippen LogP) is 2.14. The van der Waals surface area contributed by atoms with Crippen molar-refractivity contribution in [1.82, 2.24) is 20.4 Å². The molecule has 6 heteroatoms. The number of nitrogens with zero attached hydrogens (tertiary/aromatic N) is 3. The molecule has 2 heterocycles. The summed E-state index contributed by atoms with van der Waals surface area (Å²) in [5.41, 5.74) is 2.68. The lowest BCUT2D eigenvalue weighted by Crippen LogP contribution is -2.49. The van der Waals surface area contributed by atoms with Gasteiger partial charge in [-0.1, -0.05) is 24.3 Å². The molecule has 0 atom stereocenters. The van der Waals surface area contributed by atoms with Crippen molar-refractivity contribution in [2.45, 2.75) is 63.6 Å². The minimum absolute atomic E-state index is 0.261. The molecule has 0 aromatic heterocycles. The van der Waals surface area contributed by atoms with E-state index in [0.717, 1.165) is 44.5 Å². The number of fused-ring (bicyclic) bond motifs is 1. The van der Waals surface area contributed by atoms with E-state index in [-0.39, 0.29) is 5.91 Å². The molecule has 1 aliphatic carbocycles. The second-order valence-corrected chi connectivity index (χ2v) is 8.62. The molecule has 0 radical (unpaired) electrons. The molecule has 1 saturated heterocycles. The third-order valence-electron chi connectivity index (χ3n) is 6.50. The zero-order valence-electron chi connectivity index (χ0n) is 17.7. The van der Waals surface area contributed by atoms with E-state index >= 15 is 0 Å². The number of likely N-dealkylation sites (tertiary alicyclic amines) is 1. The maximum Gasteiger partial charge on any atom is 0.222 e. The molecule has 4 rings (SSSR count). The van der Waals surface area contributed by atoms with Crippen LogP contribution in [0.25, 0.3) is 0 Å². The number of hydrogen-bond acceptors (Lipinski definition) is 3. The van der Waals surface area contributed by atoms with Crippen molar-refractivity contribution in [2.75, 3.05) is 33.2 Å². The molecule has 6 nitrogen and oxygen atoms in total. The van der Waals surface area contributed by atoms with Crippen LogP contribution >= 0.6 is 0 Å². The highest BCUT2D eigenvalue weighted by molar-refractivity contribution is 5.80. The number of aliphatic imine (C=N–C) groups is 1.